The molecule has 0 aromatic heterocycles. The van der Waals surface area contributed by atoms with Crippen LogP contribution in [0.25, 0.3) is 0 Å². The van der Waals surface area contributed by atoms with Crippen LogP contribution >= 0.6 is 0 Å². The van der Waals surface area contributed by atoms with Gasteiger partial charge in [-0.05, 0) is 57.3 Å². The number of nitrogens with zero attached hydrogens (tertiary/aromatic N) is 1. The summed E-state index contributed by atoms with van der Waals surface area (Å²) in [5.74, 6) is 2.19. The van der Waals surface area contributed by atoms with Gasteiger partial charge in [-0.1, -0.05) is 50.2 Å². The van der Waals surface area contributed by atoms with E-state index < -0.39 is 5.41 Å². The van der Waals surface area contributed by atoms with Crippen LogP contribution < -0.4 is 10.1 Å². The van der Waals surface area contributed by atoms with E-state index in [0.29, 0.717) is 18.5 Å². The lowest BCUT2D eigenvalue weighted by atomic mass is 9.73. The first-order chi connectivity index (χ1) is 14.0. The molecule has 1 N–H and O–H groups in total. The fourth-order valence-electron chi connectivity index (χ4n) is 4.85. The monoisotopic (exact) mass is 392 g/mol. The topological polar surface area (TPSA) is 41.6 Å². The third-order valence-corrected chi connectivity index (χ3v) is 6.42. The summed E-state index contributed by atoms with van der Waals surface area (Å²) in [4.78, 5) is 16.2. The summed E-state index contributed by atoms with van der Waals surface area (Å²) in [5, 5.41) is 3.32. The second-order valence-corrected chi connectivity index (χ2v) is 8.96. The number of para-hydroxylation sites is 2. The van der Waals surface area contributed by atoms with Crippen molar-refractivity contribution in [2.24, 2.45) is 5.92 Å². The smallest absolute Gasteiger partial charge is 0.235 e. The van der Waals surface area contributed by atoms with Gasteiger partial charge in [0.1, 0.15) is 16.9 Å². The molecular weight excluding hydrogens is 360 g/mol. The highest BCUT2D eigenvalue weighted by atomic mass is 16.5. The van der Waals surface area contributed by atoms with E-state index in [9.17, 15) is 4.79 Å². The number of hydrogen-bond donors (Lipinski definition) is 1. The standard InChI is InChI=1S/C25H32N2O2/c1-18(2)16-19(27-14-8-9-15-27)17-26-24(28)25(3)20-10-4-6-12-22(20)29-23-13-7-5-11-21(23)25/h4-7,10-13,18-19H,8-9,14-17H2,1-3H3,(H,26,28). The summed E-state index contributed by atoms with van der Waals surface area (Å²) in [5.41, 5.74) is 1.09. The number of carbonyl (C=O) groups is 1. The van der Waals surface area contributed by atoms with Gasteiger partial charge in [-0.15, -0.1) is 0 Å². The van der Waals surface area contributed by atoms with Gasteiger partial charge in [-0.3, -0.25) is 9.69 Å². The van der Waals surface area contributed by atoms with Crippen molar-refractivity contribution in [1.29, 1.82) is 0 Å². The molecule has 2 heterocycles. The fraction of sp³-hybridized carbons (Fsp3) is 0.480. The highest BCUT2D eigenvalue weighted by molar-refractivity contribution is 5.94. The zero-order valence-corrected chi connectivity index (χ0v) is 17.8. The van der Waals surface area contributed by atoms with E-state index in [4.69, 9.17) is 4.74 Å². The zero-order chi connectivity index (χ0) is 20.4. The summed E-state index contributed by atoms with van der Waals surface area (Å²) in [6.07, 6.45) is 3.63. The Hall–Kier alpha value is -2.33. The summed E-state index contributed by atoms with van der Waals surface area (Å²) >= 11 is 0. The minimum absolute atomic E-state index is 0.0497. The molecule has 1 saturated heterocycles. The first-order valence-corrected chi connectivity index (χ1v) is 10.9. The van der Waals surface area contributed by atoms with Crippen LogP contribution in [0.5, 0.6) is 11.5 Å². The Morgan fingerprint density at radius 1 is 1.03 bits per heavy atom. The quantitative estimate of drug-likeness (QED) is 0.773. The molecule has 2 aromatic carbocycles. The molecule has 0 aliphatic carbocycles. The highest BCUT2D eigenvalue weighted by Gasteiger charge is 2.44. The van der Waals surface area contributed by atoms with Crippen LogP contribution in [-0.2, 0) is 10.2 Å². The van der Waals surface area contributed by atoms with E-state index in [-0.39, 0.29) is 5.91 Å². The van der Waals surface area contributed by atoms with Gasteiger partial charge in [0.05, 0.1) is 0 Å². The number of rotatable bonds is 6. The van der Waals surface area contributed by atoms with Gasteiger partial charge >= 0.3 is 0 Å². The minimum atomic E-state index is -0.765. The van der Waals surface area contributed by atoms with E-state index >= 15 is 0 Å². The third kappa shape index (κ3) is 3.78. The minimum Gasteiger partial charge on any atom is -0.457 e. The molecule has 4 nitrogen and oxygen atoms in total. The molecule has 2 aliphatic heterocycles. The average Bonchev–Trinajstić information content (AvgIpc) is 3.25. The Morgan fingerprint density at radius 3 is 2.14 bits per heavy atom. The zero-order valence-electron chi connectivity index (χ0n) is 17.8. The van der Waals surface area contributed by atoms with Crippen molar-refractivity contribution >= 4 is 5.91 Å². The molecule has 4 heteroatoms. The maximum Gasteiger partial charge on any atom is 0.235 e. The van der Waals surface area contributed by atoms with Crippen LogP contribution in [0, 0.1) is 5.92 Å². The van der Waals surface area contributed by atoms with Crippen molar-refractivity contribution in [1.82, 2.24) is 10.2 Å². The lowest BCUT2D eigenvalue weighted by molar-refractivity contribution is -0.125. The van der Waals surface area contributed by atoms with Crippen molar-refractivity contribution in [2.45, 2.75) is 51.5 Å². The Kier molecular flexibility index (Phi) is 5.64. The van der Waals surface area contributed by atoms with Crippen LogP contribution in [0.15, 0.2) is 48.5 Å². The Balaban J connectivity index is 1.60. The van der Waals surface area contributed by atoms with E-state index in [2.05, 4.69) is 24.1 Å². The van der Waals surface area contributed by atoms with E-state index in [1.807, 2.05) is 55.5 Å². The number of fused-ring (bicyclic) bond motifs is 2. The summed E-state index contributed by atoms with van der Waals surface area (Å²) < 4.78 is 6.09. The van der Waals surface area contributed by atoms with Crippen molar-refractivity contribution in [3.05, 3.63) is 59.7 Å². The van der Waals surface area contributed by atoms with Crippen molar-refractivity contribution in [3.63, 3.8) is 0 Å². The Labute approximate surface area is 174 Å². The molecule has 1 amide bonds. The van der Waals surface area contributed by atoms with Crippen LogP contribution in [0.2, 0.25) is 0 Å². The van der Waals surface area contributed by atoms with Gasteiger partial charge in [0.15, 0.2) is 0 Å². The molecule has 1 atom stereocenters. The second kappa shape index (κ2) is 8.19. The number of likely N-dealkylation sites (tertiary alicyclic amines) is 1. The number of nitrogens with one attached hydrogen (secondary N) is 1. The molecule has 1 fully saturated rings. The molecule has 1 unspecified atom stereocenters. The van der Waals surface area contributed by atoms with Crippen molar-refractivity contribution < 1.29 is 9.53 Å². The number of carbonyl (C=O) groups excluding carboxylic acids is 1. The Bertz CT molecular complexity index is 825. The number of ether oxygens (including phenoxy) is 1. The fourth-order valence-corrected chi connectivity index (χ4v) is 4.85. The molecule has 2 aliphatic rings. The largest absolute Gasteiger partial charge is 0.457 e. The molecule has 0 radical (unpaired) electrons. The molecule has 0 saturated carbocycles. The third-order valence-electron chi connectivity index (χ3n) is 6.42. The van der Waals surface area contributed by atoms with Gasteiger partial charge < -0.3 is 10.1 Å². The first-order valence-electron chi connectivity index (χ1n) is 10.9. The first kappa shape index (κ1) is 20.0. The molecule has 2 aromatic rings. The summed E-state index contributed by atoms with van der Waals surface area (Å²) in [7, 11) is 0. The number of benzene rings is 2. The normalized spacial score (nSPS) is 18.6. The summed E-state index contributed by atoms with van der Waals surface area (Å²) in [6, 6.07) is 16.2. The van der Waals surface area contributed by atoms with Gasteiger partial charge in [0, 0.05) is 23.7 Å². The van der Waals surface area contributed by atoms with Crippen LogP contribution in [0.3, 0.4) is 0 Å². The van der Waals surface area contributed by atoms with Crippen molar-refractivity contribution in [2.75, 3.05) is 19.6 Å². The second-order valence-electron chi connectivity index (χ2n) is 8.96. The molecular formula is C25H32N2O2. The molecule has 29 heavy (non-hydrogen) atoms. The van der Waals surface area contributed by atoms with Crippen molar-refractivity contribution in [3.8, 4) is 11.5 Å². The predicted octanol–water partition coefficient (Wildman–Crippen LogP) is 4.73. The highest BCUT2D eigenvalue weighted by Crippen LogP contribution is 2.47. The lowest BCUT2D eigenvalue weighted by Crippen LogP contribution is -2.49. The molecule has 0 spiro atoms. The van der Waals surface area contributed by atoms with Crippen LogP contribution in [0.1, 0.15) is 51.2 Å². The maximum atomic E-state index is 13.7. The van der Waals surface area contributed by atoms with Crippen LogP contribution in [-0.4, -0.2) is 36.5 Å². The predicted molar refractivity (Wildman–Crippen MR) is 116 cm³/mol. The van der Waals surface area contributed by atoms with E-state index in [1.54, 1.807) is 0 Å². The number of hydrogen-bond acceptors (Lipinski definition) is 3. The average molecular weight is 393 g/mol. The van der Waals surface area contributed by atoms with Gasteiger partial charge in [-0.2, -0.15) is 0 Å². The van der Waals surface area contributed by atoms with E-state index in [0.717, 1.165) is 42.1 Å². The van der Waals surface area contributed by atoms with Gasteiger partial charge in [0.2, 0.25) is 5.91 Å². The molecule has 0 bridgehead atoms. The molecule has 154 valence electrons. The van der Waals surface area contributed by atoms with E-state index in [1.165, 1.54) is 12.8 Å². The van der Waals surface area contributed by atoms with Crippen LogP contribution in [0.4, 0.5) is 0 Å². The number of amides is 1. The Morgan fingerprint density at radius 2 is 1.59 bits per heavy atom. The maximum absolute atomic E-state index is 13.7. The summed E-state index contributed by atoms with van der Waals surface area (Å²) in [6.45, 7) is 9.52. The molecule has 4 rings (SSSR count). The van der Waals surface area contributed by atoms with Gasteiger partial charge in [0.25, 0.3) is 0 Å². The van der Waals surface area contributed by atoms with Gasteiger partial charge in [-0.25, -0.2) is 0 Å². The SMILES string of the molecule is CC(C)CC(CNC(=O)C1(C)c2ccccc2Oc2ccccc21)N1CCCC1. The lowest BCUT2D eigenvalue weighted by Gasteiger charge is -2.37.